The number of hydrogen-bond donors (Lipinski definition) is 9. The van der Waals surface area contributed by atoms with Gasteiger partial charge in [-0.1, -0.05) is 0 Å². The number of amides is 4. The summed E-state index contributed by atoms with van der Waals surface area (Å²) in [6.07, 6.45) is -0.398. The van der Waals surface area contributed by atoms with Crippen molar-refractivity contribution in [3.05, 3.63) is 0 Å². The Morgan fingerprint density at radius 1 is 0.788 bits per heavy atom. The summed E-state index contributed by atoms with van der Waals surface area (Å²) in [5.74, 6) is -6.38. The number of aliphatic carboxylic acids is 2. The monoisotopic (exact) mass is 476 g/mol. The molecule has 0 bridgehead atoms. The zero-order chi connectivity index (χ0) is 25.6. The Labute approximate surface area is 189 Å². The average molecular weight is 476 g/mol. The van der Waals surface area contributed by atoms with Gasteiger partial charge in [-0.3, -0.25) is 24.0 Å². The average Bonchev–Trinajstić information content (AvgIpc) is 2.72. The highest BCUT2D eigenvalue weighted by Crippen LogP contribution is 2.04. The van der Waals surface area contributed by atoms with Gasteiger partial charge in [0.1, 0.15) is 18.1 Å². The van der Waals surface area contributed by atoms with E-state index in [1.165, 1.54) is 0 Å². The maximum absolute atomic E-state index is 12.7. The molecule has 12 N–H and O–H groups in total. The van der Waals surface area contributed by atoms with E-state index in [0.29, 0.717) is 19.4 Å². The number of carboxylic acid groups (broad SMARTS) is 2. The van der Waals surface area contributed by atoms with E-state index in [1.54, 1.807) is 0 Å². The summed E-state index contributed by atoms with van der Waals surface area (Å²) in [5, 5.41) is 33.9. The Bertz CT molecular complexity index is 718. The molecule has 33 heavy (non-hydrogen) atoms. The van der Waals surface area contributed by atoms with Crippen LogP contribution >= 0.6 is 0 Å². The van der Waals surface area contributed by atoms with Gasteiger partial charge in [-0.2, -0.15) is 0 Å². The molecule has 0 rings (SSSR count). The topological polar surface area (TPSA) is 277 Å². The van der Waals surface area contributed by atoms with Crippen LogP contribution in [0.25, 0.3) is 0 Å². The van der Waals surface area contributed by atoms with Gasteiger partial charge in [0.05, 0.1) is 19.1 Å². The molecule has 0 aromatic rings. The Hall–Kier alpha value is -3.30. The second-order valence-electron chi connectivity index (χ2n) is 7.20. The lowest BCUT2D eigenvalue weighted by Gasteiger charge is -2.24. The molecule has 0 fully saturated rings. The predicted molar refractivity (Wildman–Crippen MR) is 112 cm³/mol. The molecule has 0 saturated heterocycles. The molecular weight excluding hydrogens is 444 g/mol. The van der Waals surface area contributed by atoms with Crippen LogP contribution in [0.5, 0.6) is 0 Å². The summed E-state index contributed by atoms with van der Waals surface area (Å²) in [5.41, 5.74) is 16.0. The third-order valence-electron chi connectivity index (χ3n) is 4.41. The molecule has 0 heterocycles. The molecule has 0 aromatic carbocycles. The number of nitrogens with two attached hydrogens (primary N) is 3. The maximum Gasteiger partial charge on any atom is 0.326 e. The minimum Gasteiger partial charge on any atom is -0.481 e. The molecule has 4 unspecified atom stereocenters. The normalized spacial score (nSPS) is 14.3. The van der Waals surface area contributed by atoms with Crippen molar-refractivity contribution in [1.29, 1.82) is 0 Å². The summed E-state index contributed by atoms with van der Waals surface area (Å²) < 4.78 is 0. The van der Waals surface area contributed by atoms with Gasteiger partial charge in [-0.05, 0) is 32.2 Å². The molecule has 15 heteroatoms. The van der Waals surface area contributed by atoms with E-state index in [-0.39, 0.29) is 6.42 Å². The van der Waals surface area contributed by atoms with Crippen molar-refractivity contribution in [1.82, 2.24) is 16.0 Å². The number of rotatable bonds is 17. The lowest BCUT2D eigenvalue weighted by molar-refractivity contribution is -0.143. The molecule has 4 atom stereocenters. The van der Waals surface area contributed by atoms with Crippen LogP contribution < -0.4 is 33.2 Å². The van der Waals surface area contributed by atoms with E-state index < -0.39 is 85.6 Å². The number of carbonyl (C=O) groups excluding carboxylic acids is 4. The van der Waals surface area contributed by atoms with Crippen molar-refractivity contribution in [3.63, 3.8) is 0 Å². The highest BCUT2D eigenvalue weighted by molar-refractivity contribution is 5.95. The highest BCUT2D eigenvalue weighted by atomic mass is 16.4. The molecule has 0 saturated carbocycles. The lowest BCUT2D eigenvalue weighted by Crippen LogP contribution is -2.58. The number of carboxylic acids is 2. The molecule has 0 aromatic heterocycles. The van der Waals surface area contributed by atoms with Crippen molar-refractivity contribution < 1.29 is 44.1 Å². The number of carbonyl (C=O) groups is 6. The summed E-state index contributed by atoms with van der Waals surface area (Å²) in [4.78, 5) is 70.0. The van der Waals surface area contributed by atoms with Crippen molar-refractivity contribution in [2.75, 3.05) is 13.2 Å². The number of primary amides is 1. The van der Waals surface area contributed by atoms with Gasteiger partial charge in [0.25, 0.3) is 0 Å². The smallest absolute Gasteiger partial charge is 0.326 e. The van der Waals surface area contributed by atoms with Gasteiger partial charge in [-0.15, -0.1) is 0 Å². The van der Waals surface area contributed by atoms with Crippen molar-refractivity contribution in [3.8, 4) is 0 Å². The molecule has 188 valence electrons. The van der Waals surface area contributed by atoms with Gasteiger partial charge in [0, 0.05) is 6.42 Å². The Morgan fingerprint density at radius 2 is 1.33 bits per heavy atom. The Balaban J connectivity index is 5.25. The van der Waals surface area contributed by atoms with Crippen LogP contribution in [0.1, 0.15) is 38.5 Å². The van der Waals surface area contributed by atoms with Gasteiger partial charge >= 0.3 is 11.9 Å². The molecule has 0 spiro atoms. The van der Waals surface area contributed by atoms with E-state index in [4.69, 9.17) is 27.4 Å². The fourth-order valence-corrected chi connectivity index (χ4v) is 2.61. The summed E-state index contributed by atoms with van der Waals surface area (Å²) in [6.45, 7) is -0.592. The zero-order valence-electron chi connectivity index (χ0n) is 18.0. The third kappa shape index (κ3) is 12.4. The number of nitrogens with one attached hydrogen (secondary N) is 3. The number of hydrogen-bond acceptors (Lipinski definition) is 9. The molecule has 0 aliphatic heterocycles. The Kier molecular flexibility index (Phi) is 13.9. The first-order chi connectivity index (χ1) is 15.4. The molecule has 0 aliphatic carbocycles. The van der Waals surface area contributed by atoms with E-state index >= 15 is 0 Å². The second kappa shape index (κ2) is 15.5. The highest BCUT2D eigenvalue weighted by Gasteiger charge is 2.30. The molecular formula is C18H32N6O9. The number of aliphatic hydroxyl groups excluding tert-OH is 1. The van der Waals surface area contributed by atoms with E-state index in [2.05, 4.69) is 10.6 Å². The summed E-state index contributed by atoms with van der Waals surface area (Å²) >= 11 is 0. The third-order valence-corrected chi connectivity index (χ3v) is 4.41. The largest absolute Gasteiger partial charge is 0.481 e. The van der Waals surface area contributed by atoms with Crippen molar-refractivity contribution >= 4 is 35.6 Å². The Morgan fingerprint density at radius 3 is 1.82 bits per heavy atom. The summed E-state index contributed by atoms with van der Waals surface area (Å²) in [7, 11) is 0. The van der Waals surface area contributed by atoms with Gasteiger partial charge in [-0.25, -0.2) is 4.79 Å². The zero-order valence-corrected chi connectivity index (χ0v) is 18.0. The predicted octanol–water partition coefficient (Wildman–Crippen LogP) is -4.29. The molecule has 15 nitrogen and oxygen atoms in total. The van der Waals surface area contributed by atoms with Gasteiger partial charge in [0.2, 0.25) is 23.6 Å². The molecule has 4 amide bonds. The van der Waals surface area contributed by atoms with E-state index in [0.717, 1.165) is 0 Å². The van der Waals surface area contributed by atoms with Crippen LogP contribution in [0, 0.1) is 0 Å². The number of unbranched alkanes of at least 4 members (excludes halogenated alkanes) is 1. The van der Waals surface area contributed by atoms with Gasteiger partial charge < -0.3 is 48.5 Å². The second-order valence-corrected chi connectivity index (χ2v) is 7.20. The van der Waals surface area contributed by atoms with Crippen LogP contribution in [-0.4, -0.2) is 88.2 Å². The van der Waals surface area contributed by atoms with E-state index in [1.807, 2.05) is 5.32 Å². The van der Waals surface area contributed by atoms with Crippen LogP contribution in [0.2, 0.25) is 0 Å². The fraction of sp³-hybridized carbons (Fsp3) is 0.667. The maximum atomic E-state index is 12.7. The van der Waals surface area contributed by atoms with Crippen LogP contribution in [-0.2, 0) is 28.8 Å². The first kappa shape index (κ1) is 29.7. The van der Waals surface area contributed by atoms with Crippen LogP contribution in [0.3, 0.4) is 0 Å². The fourth-order valence-electron chi connectivity index (χ4n) is 2.61. The first-order valence-electron chi connectivity index (χ1n) is 10.1. The van der Waals surface area contributed by atoms with E-state index in [9.17, 15) is 33.9 Å². The van der Waals surface area contributed by atoms with Crippen LogP contribution in [0.4, 0.5) is 0 Å². The molecule has 0 aliphatic rings. The SMILES string of the molecule is NCCCCC(NC(=O)C(N)CC(N)=O)C(=O)NC(CO)C(=O)NC(CCC(=O)O)C(=O)O. The lowest BCUT2D eigenvalue weighted by atomic mass is 10.1. The van der Waals surface area contributed by atoms with Crippen LogP contribution in [0.15, 0.2) is 0 Å². The quantitative estimate of drug-likeness (QED) is 0.0905. The molecule has 0 radical (unpaired) electrons. The standard InChI is InChI=1S/C18H32N6O9/c19-6-2-1-3-10(22-15(29)9(20)7-13(21)26)16(30)24-12(8-25)17(31)23-11(18(32)33)4-5-14(27)28/h9-12,25H,1-8,19-20H2,(H2,21,26)(H,22,29)(H,23,31)(H,24,30)(H,27,28)(H,32,33). The summed E-state index contributed by atoms with van der Waals surface area (Å²) in [6, 6.07) is -5.66. The van der Waals surface area contributed by atoms with Crippen molar-refractivity contribution in [2.45, 2.75) is 62.7 Å². The van der Waals surface area contributed by atoms with Gasteiger partial charge in [0.15, 0.2) is 0 Å². The van der Waals surface area contributed by atoms with Crippen molar-refractivity contribution in [2.24, 2.45) is 17.2 Å². The first-order valence-corrected chi connectivity index (χ1v) is 10.1. The minimum absolute atomic E-state index is 0.0915. The minimum atomic E-state index is -1.59. The number of aliphatic hydroxyl groups is 1.